The first kappa shape index (κ1) is 12.1. The molecule has 1 aliphatic heterocycles. The van der Waals surface area contributed by atoms with E-state index in [0.717, 1.165) is 42.0 Å². The average Bonchev–Trinajstić information content (AvgIpc) is 3.17. The number of rotatable bonds is 2. The number of piperazine rings is 1. The van der Waals surface area contributed by atoms with Gasteiger partial charge in [-0.15, -0.1) is 11.3 Å². The molecule has 0 radical (unpaired) electrons. The van der Waals surface area contributed by atoms with Crippen molar-refractivity contribution < 1.29 is 0 Å². The number of fused-ring (bicyclic) bond motifs is 1. The number of para-hydroxylation sites is 1. The monoisotopic (exact) mass is 302 g/mol. The first-order valence-electron chi connectivity index (χ1n) is 6.65. The maximum absolute atomic E-state index is 4.74. The molecule has 102 valence electrons. The lowest BCUT2D eigenvalue weighted by molar-refractivity contribution is 0.651. The Labute approximate surface area is 125 Å². The minimum absolute atomic E-state index is 1.01. The summed E-state index contributed by atoms with van der Waals surface area (Å²) in [6.45, 7) is 4.06. The van der Waals surface area contributed by atoms with Crippen LogP contribution in [0.2, 0.25) is 0 Å². The molecular formula is C14H14N4S2. The summed E-state index contributed by atoms with van der Waals surface area (Å²) < 4.78 is 1.27. The molecule has 0 atom stereocenters. The van der Waals surface area contributed by atoms with E-state index in [4.69, 9.17) is 4.98 Å². The van der Waals surface area contributed by atoms with Crippen molar-refractivity contribution in [1.82, 2.24) is 9.97 Å². The van der Waals surface area contributed by atoms with Crippen molar-refractivity contribution in [2.75, 3.05) is 36.0 Å². The van der Waals surface area contributed by atoms with E-state index in [1.165, 1.54) is 4.70 Å². The van der Waals surface area contributed by atoms with E-state index in [1.807, 2.05) is 17.6 Å². The van der Waals surface area contributed by atoms with Gasteiger partial charge in [-0.2, -0.15) is 0 Å². The lowest BCUT2D eigenvalue weighted by Gasteiger charge is -2.34. The van der Waals surface area contributed by atoms with Gasteiger partial charge in [0.1, 0.15) is 0 Å². The van der Waals surface area contributed by atoms with Gasteiger partial charge in [0.2, 0.25) is 0 Å². The topological polar surface area (TPSA) is 32.3 Å². The maximum Gasteiger partial charge on any atom is 0.186 e. The summed E-state index contributed by atoms with van der Waals surface area (Å²) in [5, 5.41) is 4.31. The highest BCUT2D eigenvalue weighted by Gasteiger charge is 2.20. The average molecular weight is 302 g/mol. The third-order valence-electron chi connectivity index (χ3n) is 3.52. The van der Waals surface area contributed by atoms with Crippen LogP contribution in [-0.2, 0) is 0 Å². The van der Waals surface area contributed by atoms with Crippen molar-refractivity contribution in [1.29, 1.82) is 0 Å². The zero-order chi connectivity index (χ0) is 13.4. The maximum atomic E-state index is 4.74. The van der Waals surface area contributed by atoms with Crippen molar-refractivity contribution >= 4 is 43.2 Å². The van der Waals surface area contributed by atoms with Crippen LogP contribution in [0, 0.1) is 0 Å². The van der Waals surface area contributed by atoms with Crippen LogP contribution in [0.15, 0.2) is 35.8 Å². The Hall–Kier alpha value is -1.66. The highest BCUT2D eigenvalue weighted by Crippen LogP contribution is 2.29. The third kappa shape index (κ3) is 2.14. The summed E-state index contributed by atoms with van der Waals surface area (Å²) in [6, 6.07) is 8.35. The Morgan fingerprint density at radius 3 is 2.40 bits per heavy atom. The van der Waals surface area contributed by atoms with Gasteiger partial charge in [0.25, 0.3) is 0 Å². The van der Waals surface area contributed by atoms with E-state index in [1.54, 1.807) is 22.7 Å². The molecule has 0 N–H and O–H groups in total. The van der Waals surface area contributed by atoms with Crippen LogP contribution in [0.3, 0.4) is 0 Å². The molecule has 1 aromatic carbocycles. The fraction of sp³-hybridized carbons (Fsp3) is 0.286. The van der Waals surface area contributed by atoms with Gasteiger partial charge in [-0.05, 0) is 12.1 Å². The molecule has 0 bridgehead atoms. The Morgan fingerprint density at radius 2 is 1.70 bits per heavy atom. The van der Waals surface area contributed by atoms with E-state index in [0.29, 0.717) is 0 Å². The minimum Gasteiger partial charge on any atom is -0.345 e. The van der Waals surface area contributed by atoms with Crippen LogP contribution in [-0.4, -0.2) is 36.1 Å². The normalized spacial score (nSPS) is 16.0. The fourth-order valence-corrected chi connectivity index (χ4v) is 4.17. The molecule has 2 aromatic heterocycles. The van der Waals surface area contributed by atoms with Crippen LogP contribution in [0.1, 0.15) is 0 Å². The first-order valence-corrected chi connectivity index (χ1v) is 8.35. The molecule has 1 saturated heterocycles. The van der Waals surface area contributed by atoms with Crippen molar-refractivity contribution in [3.63, 3.8) is 0 Å². The summed E-state index contributed by atoms with van der Waals surface area (Å²) in [7, 11) is 0. The second kappa shape index (κ2) is 5.03. The lowest BCUT2D eigenvalue weighted by atomic mass is 10.3. The number of benzene rings is 1. The van der Waals surface area contributed by atoms with Gasteiger partial charge in [0, 0.05) is 37.8 Å². The third-order valence-corrected chi connectivity index (χ3v) is 5.45. The van der Waals surface area contributed by atoms with E-state index in [2.05, 4.69) is 33.0 Å². The van der Waals surface area contributed by atoms with Crippen molar-refractivity contribution in [3.05, 3.63) is 35.8 Å². The van der Waals surface area contributed by atoms with Crippen LogP contribution < -0.4 is 9.80 Å². The fourth-order valence-electron chi connectivity index (χ4n) is 2.46. The van der Waals surface area contributed by atoms with Crippen LogP contribution in [0.25, 0.3) is 10.2 Å². The first-order chi connectivity index (χ1) is 9.90. The lowest BCUT2D eigenvalue weighted by Crippen LogP contribution is -2.46. The van der Waals surface area contributed by atoms with Gasteiger partial charge < -0.3 is 9.80 Å². The van der Waals surface area contributed by atoms with E-state index in [-0.39, 0.29) is 0 Å². The minimum atomic E-state index is 1.01. The van der Waals surface area contributed by atoms with Crippen LogP contribution in [0.5, 0.6) is 0 Å². The number of hydrogen-bond donors (Lipinski definition) is 0. The van der Waals surface area contributed by atoms with Crippen molar-refractivity contribution in [2.45, 2.75) is 0 Å². The van der Waals surface area contributed by atoms with Crippen LogP contribution >= 0.6 is 22.7 Å². The molecule has 3 heterocycles. The molecule has 20 heavy (non-hydrogen) atoms. The molecule has 1 aliphatic rings. The second-order valence-corrected chi connectivity index (χ2v) is 6.64. The summed E-state index contributed by atoms with van der Waals surface area (Å²) in [6.07, 6.45) is 1.87. The Kier molecular flexibility index (Phi) is 3.05. The SMILES string of the molecule is c1ccc2sc(N3CCN(c4nccs4)CC3)nc2c1. The summed E-state index contributed by atoms with van der Waals surface area (Å²) in [5.74, 6) is 0. The van der Waals surface area contributed by atoms with Gasteiger partial charge in [0.15, 0.2) is 10.3 Å². The largest absolute Gasteiger partial charge is 0.345 e. The summed E-state index contributed by atoms with van der Waals surface area (Å²) in [5.41, 5.74) is 1.11. The molecule has 0 saturated carbocycles. The van der Waals surface area contributed by atoms with Crippen molar-refractivity contribution in [3.8, 4) is 0 Å². The number of aromatic nitrogens is 2. The molecule has 0 unspecified atom stereocenters. The Bertz CT molecular complexity index is 666. The summed E-state index contributed by atoms with van der Waals surface area (Å²) in [4.78, 5) is 13.9. The number of thiazole rings is 2. The van der Waals surface area contributed by atoms with E-state index >= 15 is 0 Å². The molecule has 0 spiro atoms. The number of anilines is 2. The van der Waals surface area contributed by atoms with E-state index < -0.39 is 0 Å². The number of nitrogens with zero attached hydrogens (tertiary/aromatic N) is 4. The molecule has 4 rings (SSSR count). The molecule has 6 heteroatoms. The smallest absolute Gasteiger partial charge is 0.186 e. The quantitative estimate of drug-likeness (QED) is 0.728. The highest BCUT2D eigenvalue weighted by atomic mass is 32.1. The molecule has 3 aromatic rings. The Morgan fingerprint density at radius 1 is 0.950 bits per heavy atom. The molecule has 0 aliphatic carbocycles. The van der Waals surface area contributed by atoms with Crippen LogP contribution in [0.4, 0.5) is 10.3 Å². The zero-order valence-electron chi connectivity index (χ0n) is 10.9. The van der Waals surface area contributed by atoms with Gasteiger partial charge in [-0.25, -0.2) is 9.97 Å². The summed E-state index contributed by atoms with van der Waals surface area (Å²) >= 11 is 3.50. The second-order valence-electron chi connectivity index (χ2n) is 4.75. The predicted octanol–water partition coefficient (Wildman–Crippen LogP) is 3.08. The molecule has 4 nitrogen and oxygen atoms in total. The highest BCUT2D eigenvalue weighted by molar-refractivity contribution is 7.22. The molecule has 0 amide bonds. The number of hydrogen-bond acceptors (Lipinski definition) is 6. The van der Waals surface area contributed by atoms with Gasteiger partial charge in [-0.1, -0.05) is 23.5 Å². The van der Waals surface area contributed by atoms with Gasteiger partial charge in [0.05, 0.1) is 10.2 Å². The van der Waals surface area contributed by atoms with Gasteiger partial charge >= 0.3 is 0 Å². The predicted molar refractivity (Wildman–Crippen MR) is 86.2 cm³/mol. The molecule has 1 fully saturated rings. The van der Waals surface area contributed by atoms with E-state index in [9.17, 15) is 0 Å². The zero-order valence-corrected chi connectivity index (χ0v) is 12.5. The molecular weight excluding hydrogens is 288 g/mol. The van der Waals surface area contributed by atoms with Crippen molar-refractivity contribution in [2.24, 2.45) is 0 Å². The Balaban J connectivity index is 1.51. The van der Waals surface area contributed by atoms with Gasteiger partial charge in [-0.3, -0.25) is 0 Å². The standard InChI is InChI=1S/C14H14N4S2/c1-2-4-12-11(3-1)16-14(20-12)18-8-6-17(7-9-18)13-15-5-10-19-13/h1-5,10H,6-9H2.